The zero-order valence-electron chi connectivity index (χ0n) is 9.25. The van der Waals surface area contributed by atoms with Crippen LogP contribution in [0.15, 0.2) is 12.3 Å². The topological polar surface area (TPSA) is 81.3 Å². The van der Waals surface area contributed by atoms with E-state index in [1.807, 2.05) is 13.8 Å². The molecular weight excluding hydrogens is 208 g/mol. The number of carbonyl (C=O) groups excluding carboxylic acids is 1. The Hall–Kier alpha value is -1.85. The van der Waals surface area contributed by atoms with Crippen LogP contribution in [0.2, 0.25) is 0 Å². The average molecular weight is 222 g/mol. The monoisotopic (exact) mass is 222 g/mol. The normalized spacial score (nSPS) is 20.3. The van der Waals surface area contributed by atoms with E-state index in [9.17, 15) is 4.79 Å². The largest absolute Gasteiger partial charge is 0.447 e. The first kappa shape index (κ1) is 10.7. The maximum atomic E-state index is 11.6. The van der Waals surface area contributed by atoms with Crippen LogP contribution in [0.5, 0.6) is 0 Å². The van der Waals surface area contributed by atoms with E-state index in [4.69, 9.17) is 10.5 Å². The molecule has 0 radical (unpaired) electrons. The van der Waals surface area contributed by atoms with E-state index in [1.165, 1.54) is 11.1 Å². The maximum Gasteiger partial charge on any atom is 0.415 e. The number of ether oxygens (including phenoxy) is 1. The van der Waals surface area contributed by atoms with Crippen LogP contribution in [0.1, 0.15) is 13.8 Å². The SMILES string of the molecule is CC(C)C1COC(=O)N1c1ccnc(N)n1. The van der Waals surface area contributed by atoms with Gasteiger partial charge in [-0.3, -0.25) is 4.90 Å². The van der Waals surface area contributed by atoms with Gasteiger partial charge in [0.15, 0.2) is 0 Å². The van der Waals surface area contributed by atoms with Crippen molar-refractivity contribution >= 4 is 17.9 Å². The molecule has 0 bridgehead atoms. The minimum atomic E-state index is -0.378. The highest BCUT2D eigenvalue weighted by atomic mass is 16.6. The first-order valence-electron chi connectivity index (χ1n) is 5.14. The molecule has 1 aliphatic heterocycles. The molecule has 1 saturated heterocycles. The van der Waals surface area contributed by atoms with Gasteiger partial charge in [0.05, 0.1) is 6.04 Å². The molecule has 1 aliphatic rings. The second kappa shape index (κ2) is 3.96. The summed E-state index contributed by atoms with van der Waals surface area (Å²) in [5, 5.41) is 0. The van der Waals surface area contributed by atoms with E-state index in [2.05, 4.69) is 9.97 Å². The maximum absolute atomic E-state index is 11.6. The lowest BCUT2D eigenvalue weighted by molar-refractivity contribution is 0.177. The Morgan fingerprint density at radius 3 is 3.00 bits per heavy atom. The van der Waals surface area contributed by atoms with Gasteiger partial charge in [0, 0.05) is 6.20 Å². The molecule has 1 unspecified atom stereocenters. The highest BCUT2D eigenvalue weighted by Gasteiger charge is 2.36. The van der Waals surface area contributed by atoms with Crippen molar-refractivity contribution in [3.63, 3.8) is 0 Å². The first-order valence-corrected chi connectivity index (χ1v) is 5.14. The lowest BCUT2D eigenvalue weighted by Gasteiger charge is -2.23. The Labute approximate surface area is 93.4 Å². The molecule has 2 heterocycles. The summed E-state index contributed by atoms with van der Waals surface area (Å²) >= 11 is 0. The predicted molar refractivity (Wildman–Crippen MR) is 58.9 cm³/mol. The van der Waals surface area contributed by atoms with Crippen LogP contribution in [0.3, 0.4) is 0 Å². The summed E-state index contributed by atoms with van der Waals surface area (Å²) in [5.74, 6) is 0.941. The number of hydrogen-bond donors (Lipinski definition) is 1. The lowest BCUT2D eigenvalue weighted by atomic mass is 10.0. The van der Waals surface area contributed by atoms with Gasteiger partial charge in [0.25, 0.3) is 0 Å². The summed E-state index contributed by atoms with van der Waals surface area (Å²) in [7, 11) is 0. The molecule has 1 aromatic heterocycles. The molecule has 86 valence electrons. The van der Waals surface area contributed by atoms with Gasteiger partial charge in [-0.2, -0.15) is 4.98 Å². The number of carbonyl (C=O) groups is 1. The highest BCUT2D eigenvalue weighted by Crippen LogP contribution is 2.25. The number of rotatable bonds is 2. The Morgan fingerprint density at radius 2 is 2.38 bits per heavy atom. The summed E-state index contributed by atoms with van der Waals surface area (Å²) in [6.45, 7) is 4.45. The van der Waals surface area contributed by atoms with Gasteiger partial charge >= 0.3 is 6.09 Å². The quantitative estimate of drug-likeness (QED) is 0.808. The molecule has 1 atom stereocenters. The van der Waals surface area contributed by atoms with E-state index in [-0.39, 0.29) is 18.1 Å². The number of cyclic esters (lactones) is 1. The van der Waals surface area contributed by atoms with Gasteiger partial charge in [-0.1, -0.05) is 13.8 Å². The second-order valence-electron chi connectivity index (χ2n) is 4.03. The molecule has 6 heteroatoms. The summed E-state index contributed by atoms with van der Waals surface area (Å²) in [4.78, 5) is 21.0. The van der Waals surface area contributed by atoms with Gasteiger partial charge in [-0.15, -0.1) is 0 Å². The molecule has 2 N–H and O–H groups in total. The molecule has 0 aromatic carbocycles. The fraction of sp³-hybridized carbons (Fsp3) is 0.500. The van der Waals surface area contributed by atoms with Crippen LogP contribution in [0.4, 0.5) is 16.6 Å². The van der Waals surface area contributed by atoms with Crippen LogP contribution in [-0.4, -0.2) is 28.7 Å². The van der Waals surface area contributed by atoms with Gasteiger partial charge in [0.2, 0.25) is 5.95 Å². The Balaban J connectivity index is 2.33. The van der Waals surface area contributed by atoms with E-state index in [0.29, 0.717) is 18.3 Å². The third-order valence-corrected chi connectivity index (χ3v) is 2.58. The van der Waals surface area contributed by atoms with E-state index >= 15 is 0 Å². The number of amides is 1. The minimum Gasteiger partial charge on any atom is -0.447 e. The molecule has 16 heavy (non-hydrogen) atoms. The lowest BCUT2D eigenvalue weighted by Crippen LogP contribution is -2.37. The molecule has 0 spiro atoms. The van der Waals surface area contributed by atoms with Crippen molar-refractivity contribution in [2.75, 3.05) is 17.2 Å². The third-order valence-electron chi connectivity index (χ3n) is 2.58. The molecule has 1 amide bonds. The Bertz CT molecular complexity index is 408. The van der Waals surface area contributed by atoms with Crippen LogP contribution in [0.25, 0.3) is 0 Å². The molecule has 6 nitrogen and oxygen atoms in total. The Kier molecular flexibility index (Phi) is 2.64. The van der Waals surface area contributed by atoms with Crippen molar-refractivity contribution in [2.45, 2.75) is 19.9 Å². The van der Waals surface area contributed by atoms with Crippen LogP contribution in [0, 0.1) is 5.92 Å². The van der Waals surface area contributed by atoms with Crippen LogP contribution in [-0.2, 0) is 4.74 Å². The summed E-state index contributed by atoms with van der Waals surface area (Å²) < 4.78 is 5.02. The van der Waals surface area contributed by atoms with Crippen molar-refractivity contribution in [2.24, 2.45) is 5.92 Å². The molecule has 0 saturated carbocycles. The molecule has 2 rings (SSSR count). The van der Waals surface area contributed by atoms with Crippen molar-refractivity contribution in [1.82, 2.24) is 9.97 Å². The molecular formula is C10H14N4O2. The fourth-order valence-corrected chi connectivity index (χ4v) is 1.69. The highest BCUT2D eigenvalue weighted by molar-refractivity contribution is 5.89. The number of aromatic nitrogens is 2. The van der Waals surface area contributed by atoms with Crippen LogP contribution >= 0.6 is 0 Å². The predicted octanol–water partition coefficient (Wildman–Crippen LogP) is 1.04. The molecule has 1 aromatic rings. The number of nitrogens with two attached hydrogens (primary N) is 1. The van der Waals surface area contributed by atoms with Gasteiger partial charge in [0.1, 0.15) is 12.4 Å². The number of nitrogen functional groups attached to an aromatic ring is 1. The van der Waals surface area contributed by atoms with E-state index < -0.39 is 0 Å². The van der Waals surface area contributed by atoms with Crippen molar-refractivity contribution in [3.8, 4) is 0 Å². The van der Waals surface area contributed by atoms with Crippen molar-refractivity contribution in [1.29, 1.82) is 0 Å². The van der Waals surface area contributed by atoms with Gasteiger partial charge < -0.3 is 10.5 Å². The zero-order valence-corrected chi connectivity index (χ0v) is 9.25. The fourth-order valence-electron chi connectivity index (χ4n) is 1.69. The van der Waals surface area contributed by atoms with E-state index in [1.54, 1.807) is 6.07 Å². The number of nitrogens with zero attached hydrogens (tertiary/aromatic N) is 3. The summed E-state index contributed by atoms with van der Waals surface area (Å²) in [6, 6.07) is 1.65. The average Bonchev–Trinajstić information content (AvgIpc) is 2.60. The number of anilines is 2. The Morgan fingerprint density at radius 1 is 1.62 bits per heavy atom. The zero-order chi connectivity index (χ0) is 11.7. The number of hydrogen-bond acceptors (Lipinski definition) is 5. The smallest absolute Gasteiger partial charge is 0.415 e. The van der Waals surface area contributed by atoms with Gasteiger partial charge in [-0.05, 0) is 12.0 Å². The van der Waals surface area contributed by atoms with E-state index in [0.717, 1.165) is 0 Å². The first-order chi connectivity index (χ1) is 7.59. The standard InChI is InChI=1S/C10H14N4O2/c1-6(2)7-5-16-10(15)14(7)8-3-4-12-9(11)13-8/h3-4,6-7H,5H2,1-2H3,(H2,11,12,13). The van der Waals surface area contributed by atoms with Crippen LogP contribution < -0.4 is 10.6 Å². The summed E-state index contributed by atoms with van der Waals surface area (Å²) in [5.41, 5.74) is 5.49. The van der Waals surface area contributed by atoms with Gasteiger partial charge in [-0.25, -0.2) is 9.78 Å². The molecule has 1 fully saturated rings. The molecule has 0 aliphatic carbocycles. The third kappa shape index (κ3) is 1.78. The second-order valence-corrected chi connectivity index (χ2v) is 4.03. The van der Waals surface area contributed by atoms with Crippen molar-refractivity contribution < 1.29 is 9.53 Å². The minimum absolute atomic E-state index is 0.00167. The van der Waals surface area contributed by atoms with Crippen molar-refractivity contribution in [3.05, 3.63) is 12.3 Å². The summed E-state index contributed by atoms with van der Waals surface area (Å²) in [6.07, 6.45) is 1.15.